The topological polar surface area (TPSA) is 77.2 Å². The maximum atomic E-state index is 13.2. The molecule has 0 unspecified atom stereocenters. The molecule has 4 rings (SSSR count). The van der Waals surface area contributed by atoms with Crippen molar-refractivity contribution >= 4 is 17.0 Å². The number of rotatable bonds is 6. The summed E-state index contributed by atoms with van der Waals surface area (Å²) in [6, 6.07) is 7.62. The standard InChI is InChI=1S/C20H20FN3O3/c1-11-18-15(19(25)22-17(10-26-2)13-3-4-13)9-16(23-20(18)27-24-11)12-5-7-14(21)8-6-12/h5-9,13,17H,3-4,10H2,1-2H3,(H,22,25)/t17-/m1/s1. The number of hydrogen-bond donors (Lipinski definition) is 1. The van der Waals surface area contributed by atoms with Crippen LogP contribution in [0.4, 0.5) is 4.39 Å². The summed E-state index contributed by atoms with van der Waals surface area (Å²) in [6.07, 6.45) is 2.18. The number of amides is 1. The zero-order valence-corrected chi connectivity index (χ0v) is 15.2. The van der Waals surface area contributed by atoms with Crippen LogP contribution in [-0.2, 0) is 4.74 Å². The van der Waals surface area contributed by atoms with Crippen LogP contribution in [-0.4, -0.2) is 35.8 Å². The first kappa shape index (κ1) is 17.6. The van der Waals surface area contributed by atoms with E-state index in [-0.39, 0.29) is 23.5 Å². The highest BCUT2D eigenvalue weighted by molar-refractivity contribution is 6.07. The number of methoxy groups -OCH3 is 1. The molecule has 0 bridgehead atoms. The lowest BCUT2D eigenvalue weighted by molar-refractivity contribution is 0.0885. The van der Waals surface area contributed by atoms with Crippen LogP contribution in [0.25, 0.3) is 22.4 Å². The van der Waals surface area contributed by atoms with Gasteiger partial charge in [0.15, 0.2) is 0 Å². The molecule has 6 nitrogen and oxygen atoms in total. The number of fused-ring (bicyclic) bond motifs is 1. The molecule has 3 aromatic rings. The number of benzene rings is 1. The fourth-order valence-corrected chi connectivity index (χ4v) is 3.26. The van der Waals surface area contributed by atoms with Crippen LogP contribution in [0.3, 0.4) is 0 Å². The van der Waals surface area contributed by atoms with E-state index in [2.05, 4.69) is 15.5 Å². The summed E-state index contributed by atoms with van der Waals surface area (Å²) in [5.41, 5.74) is 2.55. The second kappa shape index (κ2) is 7.08. The summed E-state index contributed by atoms with van der Waals surface area (Å²) in [4.78, 5) is 17.5. The summed E-state index contributed by atoms with van der Waals surface area (Å²) in [5.74, 6) is -0.0995. The molecule has 1 atom stereocenters. The van der Waals surface area contributed by atoms with Crippen molar-refractivity contribution in [2.75, 3.05) is 13.7 Å². The maximum Gasteiger partial charge on any atom is 0.259 e. The zero-order chi connectivity index (χ0) is 19.0. The predicted octanol–water partition coefficient (Wildman–Crippen LogP) is 3.49. The minimum absolute atomic E-state index is 0.0276. The Labute approximate surface area is 155 Å². The van der Waals surface area contributed by atoms with Crippen LogP contribution in [0.2, 0.25) is 0 Å². The van der Waals surface area contributed by atoms with Gasteiger partial charge in [-0.1, -0.05) is 5.16 Å². The molecular formula is C20H20FN3O3. The second-order valence-electron chi connectivity index (χ2n) is 6.88. The average molecular weight is 369 g/mol. The molecule has 1 amide bonds. The smallest absolute Gasteiger partial charge is 0.259 e. The number of aromatic nitrogens is 2. The molecule has 1 N–H and O–H groups in total. The fourth-order valence-electron chi connectivity index (χ4n) is 3.26. The molecule has 0 aliphatic heterocycles. The molecule has 0 saturated heterocycles. The van der Waals surface area contributed by atoms with E-state index >= 15 is 0 Å². The normalized spacial score (nSPS) is 15.1. The Balaban J connectivity index is 1.74. The quantitative estimate of drug-likeness (QED) is 0.720. The molecule has 2 heterocycles. The number of hydrogen-bond acceptors (Lipinski definition) is 5. The van der Waals surface area contributed by atoms with Crippen molar-refractivity contribution in [3.8, 4) is 11.3 Å². The van der Waals surface area contributed by atoms with Gasteiger partial charge in [0.25, 0.3) is 11.6 Å². The summed E-state index contributed by atoms with van der Waals surface area (Å²) in [7, 11) is 1.63. The highest BCUT2D eigenvalue weighted by Crippen LogP contribution is 2.33. The van der Waals surface area contributed by atoms with Gasteiger partial charge in [-0.25, -0.2) is 9.37 Å². The Kier molecular flexibility index (Phi) is 4.61. The van der Waals surface area contributed by atoms with Crippen molar-refractivity contribution in [1.29, 1.82) is 0 Å². The van der Waals surface area contributed by atoms with Gasteiger partial charge in [0.2, 0.25) is 0 Å². The van der Waals surface area contributed by atoms with Crippen molar-refractivity contribution < 1.29 is 18.4 Å². The van der Waals surface area contributed by atoms with Gasteiger partial charge >= 0.3 is 0 Å². The number of nitrogens with one attached hydrogen (secondary N) is 1. The molecule has 7 heteroatoms. The van der Waals surface area contributed by atoms with E-state index in [1.807, 2.05) is 0 Å². The van der Waals surface area contributed by atoms with Crippen molar-refractivity contribution in [3.05, 3.63) is 47.4 Å². The Hall–Kier alpha value is -2.80. The highest BCUT2D eigenvalue weighted by Gasteiger charge is 2.33. The van der Waals surface area contributed by atoms with Crippen LogP contribution < -0.4 is 5.32 Å². The van der Waals surface area contributed by atoms with Gasteiger partial charge < -0.3 is 14.6 Å². The fraction of sp³-hybridized carbons (Fsp3) is 0.350. The SMILES string of the molecule is COC[C@@H](NC(=O)c1cc(-c2ccc(F)cc2)nc2onc(C)c12)C1CC1. The summed E-state index contributed by atoms with van der Waals surface area (Å²) in [5, 5.41) is 7.61. The van der Waals surface area contributed by atoms with E-state index in [4.69, 9.17) is 9.26 Å². The maximum absolute atomic E-state index is 13.2. The minimum Gasteiger partial charge on any atom is -0.383 e. The first-order valence-corrected chi connectivity index (χ1v) is 8.89. The minimum atomic E-state index is -0.333. The first-order chi connectivity index (χ1) is 13.1. The number of carbonyl (C=O) groups is 1. The summed E-state index contributed by atoms with van der Waals surface area (Å²) in [6.45, 7) is 2.24. The molecule has 27 heavy (non-hydrogen) atoms. The lowest BCUT2D eigenvalue weighted by Gasteiger charge is -2.17. The number of carbonyl (C=O) groups excluding carboxylic acids is 1. The van der Waals surface area contributed by atoms with Gasteiger partial charge in [0.1, 0.15) is 5.82 Å². The van der Waals surface area contributed by atoms with Gasteiger partial charge in [0.05, 0.1) is 35.0 Å². The van der Waals surface area contributed by atoms with E-state index < -0.39 is 0 Å². The van der Waals surface area contributed by atoms with E-state index in [1.165, 1.54) is 12.1 Å². The molecular weight excluding hydrogens is 349 g/mol. The summed E-state index contributed by atoms with van der Waals surface area (Å²) < 4.78 is 23.8. The van der Waals surface area contributed by atoms with E-state index in [0.717, 1.165) is 12.8 Å². The highest BCUT2D eigenvalue weighted by atomic mass is 19.1. The largest absolute Gasteiger partial charge is 0.383 e. The Morgan fingerprint density at radius 2 is 2.11 bits per heavy atom. The van der Waals surface area contributed by atoms with Gasteiger partial charge in [-0.3, -0.25) is 4.79 Å². The molecule has 140 valence electrons. The second-order valence-corrected chi connectivity index (χ2v) is 6.88. The third-order valence-corrected chi connectivity index (χ3v) is 4.86. The Morgan fingerprint density at radius 3 is 2.78 bits per heavy atom. The molecule has 1 aliphatic carbocycles. The third-order valence-electron chi connectivity index (χ3n) is 4.86. The number of pyridine rings is 1. The van der Waals surface area contributed by atoms with E-state index in [1.54, 1.807) is 32.2 Å². The lowest BCUT2D eigenvalue weighted by atomic mass is 10.0. The van der Waals surface area contributed by atoms with Crippen LogP contribution >= 0.6 is 0 Å². The first-order valence-electron chi connectivity index (χ1n) is 8.89. The van der Waals surface area contributed by atoms with Crippen molar-refractivity contribution in [2.45, 2.75) is 25.8 Å². The number of nitrogens with zero attached hydrogens (tertiary/aromatic N) is 2. The van der Waals surface area contributed by atoms with Gasteiger partial charge in [-0.15, -0.1) is 0 Å². The molecule has 1 aromatic carbocycles. The monoisotopic (exact) mass is 369 g/mol. The third kappa shape index (κ3) is 3.55. The van der Waals surface area contributed by atoms with Gasteiger partial charge in [0, 0.05) is 12.7 Å². The molecule has 1 saturated carbocycles. The number of halogens is 1. The zero-order valence-electron chi connectivity index (χ0n) is 15.2. The molecule has 0 spiro atoms. The van der Waals surface area contributed by atoms with Gasteiger partial charge in [-0.2, -0.15) is 0 Å². The average Bonchev–Trinajstić information content (AvgIpc) is 3.45. The Morgan fingerprint density at radius 1 is 1.37 bits per heavy atom. The van der Waals surface area contributed by atoms with Crippen molar-refractivity contribution in [1.82, 2.24) is 15.5 Å². The predicted molar refractivity (Wildman–Crippen MR) is 97.8 cm³/mol. The summed E-state index contributed by atoms with van der Waals surface area (Å²) >= 11 is 0. The van der Waals surface area contributed by atoms with Gasteiger partial charge in [-0.05, 0) is 56.0 Å². The van der Waals surface area contributed by atoms with Crippen LogP contribution in [0.5, 0.6) is 0 Å². The van der Waals surface area contributed by atoms with Crippen molar-refractivity contribution in [3.63, 3.8) is 0 Å². The van der Waals surface area contributed by atoms with Crippen LogP contribution in [0, 0.1) is 18.7 Å². The van der Waals surface area contributed by atoms with Crippen molar-refractivity contribution in [2.24, 2.45) is 5.92 Å². The molecule has 1 fully saturated rings. The van der Waals surface area contributed by atoms with E-state index in [0.29, 0.717) is 40.4 Å². The number of ether oxygens (including phenoxy) is 1. The molecule has 0 radical (unpaired) electrons. The van der Waals surface area contributed by atoms with Crippen LogP contribution in [0.15, 0.2) is 34.9 Å². The van der Waals surface area contributed by atoms with Crippen LogP contribution in [0.1, 0.15) is 28.9 Å². The number of aryl methyl sites for hydroxylation is 1. The molecule has 2 aromatic heterocycles. The lowest BCUT2D eigenvalue weighted by Crippen LogP contribution is -2.39. The molecule has 1 aliphatic rings. The van der Waals surface area contributed by atoms with E-state index in [9.17, 15) is 9.18 Å². The Bertz CT molecular complexity index is 980.